The first kappa shape index (κ1) is 47.5. The van der Waals surface area contributed by atoms with E-state index in [1.165, 1.54) is 109 Å². The third kappa shape index (κ3) is 36.1. The highest BCUT2D eigenvalue weighted by Crippen LogP contribution is 2.42. The van der Waals surface area contributed by atoms with Crippen molar-refractivity contribution in [2.75, 3.05) is 20.3 Å². The van der Waals surface area contributed by atoms with Crippen LogP contribution < -0.4 is 0 Å². The van der Waals surface area contributed by atoms with Gasteiger partial charge >= 0.3 is 19.8 Å². The zero-order chi connectivity index (χ0) is 36.1. The molecule has 0 fully saturated rings. The van der Waals surface area contributed by atoms with E-state index < -0.39 is 26.5 Å². The molecule has 0 rings (SSSR count). The summed E-state index contributed by atoms with van der Waals surface area (Å²) in [4.78, 5) is 34.4. The smallest absolute Gasteiger partial charge is 0.462 e. The predicted octanol–water partition coefficient (Wildman–Crippen LogP) is 12.3. The Bertz CT molecular complexity index is 859. The van der Waals surface area contributed by atoms with Crippen LogP contribution in [0.1, 0.15) is 194 Å². The number of carbonyl (C=O) groups excluding carboxylic acids is 2. The largest absolute Gasteiger partial charge is 0.472 e. The molecule has 2 atom stereocenters. The van der Waals surface area contributed by atoms with Gasteiger partial charge < -0.3 is 14.4 Å². The number of phosphoric ester groups is 1. The van der Waals surface area contributed by atoms with Crippen LogP contribution in [0.15, 0.2) is 24.3 Å². The van der Waals surface area contributed by atoms with Gasteiger partial charge in [-0.2, -0.15) is 0 Å². The SMILES string of the molecule is CCCCC/C=C\C/C=C\CCCCCCCCCC(=O)OC(COC(=O)CCCCCCCCCCCCCCC)COP(=O)(O)OC. The highest BCUT2D eigenvalue weighted by molar-refractivity contribution is 7.47. The first-order valence-corrected chi connectivity index (χ1v) is 21.5. The molecule has 0 aliphatic rings. The van der Waals surface area contributed by atoms with Gasteiger partial charge in [-0.05, 0) is 44.9 Å². The Labute approximate surface area is 301 Å². The summed E-state index contributed by atoms with van der Waals surface area (Å²) in [6, 6.07) is 0. The summed E-state index contributed by atoms with van der Waals surface area (Å²) in [5.41, 5.74) is 0. The normalized spacial score (nSPS) is 13.6. The lowest BCUT2D eigenvalue weighted by molar-refractivity contribution is -0.161. The zero-order valence-corrected chi connectivity index (χ0v) is 32.7. The van der Waals surface area contributed by atoms with E-state index in [1.807, 2.05) is 0 Å². The quantitative estimate of drug-likeness (QED) is 0.0293. The van der Waals surface area contributed by atoms with Gasteiger partial charge in [-0.25, -0.2) is 4.57 Å². The van der Waals surface area contributed by atoms with Crippen molar-refractivity contribution in [2.24, 2.45) is 0 Å². The lowest BCUT2D eigenvalue weighted by atomic mass is 10.0. The molecule has 0 aliphatic heterocycles. The zero-order valence-electron chi connectivity index (χ0n) is 31.9. The number of esters is 2. The molecule has 9 heteroatoms. The molecular formula is C40H75O8P. The molecule has 1 N–H and O–H groups in total. The Morgan fingerprint density at radius 2 is 0.980 bits per heavy atom. The fraction of sp³-hybridized carbons (Fsp3) is 0.850. The summed E-state index contributed by atoms with van der Waals surface area (Å²) in [5, 5.41) is 0. The maximum atomic E-state index is 12.5. The van der Waals surface area contributed by atoms with E-state index in [0.29, 0.717) is 12.8 Å². The molecule has 0 aromatic rings. The van der Waals surface area contributed by atoms with Gasteiger partial charge in [-0.3, -0.25) is 18.6 Å². The molecule has 0 radical (unpaired) electrons. The van der Waals surface area contributed by atoms with Crippen molar-refractivity contribution >= 4 is 19.8 Å². The van der Waals surface area contributed by atoms with E-state index in [9.17, 15) is 19.0 Å². The van der Waals surface area contributed by atoms with Crippen molar-refractivity contribution in [1.29, 1.82) is 0 Å². The summed E-state index contributed by atoms with van der Waals surface area (Å²) < 4.78 is 31.9. The molecule has 0 bridgehead atoms. The second kappa shape index (κ2) is 36.3. The van der Waals surface area contributed by atoms with Crippen LogP contribution in [0.2, 0.25) is 0 Å². The van der Waals surface area contributed by atoms with Gasteiger partial charge in [0.15, 0.2) is 6.10 Å². The molecular weight excluding hydrogens is 639 g/mol. The second-order valence-electron chi connectivity index (χ2n) is 13.4. The average Bonchev–Trinajstić information content (AvgIpc) is 3.09. The Hall–Kier alpha value is -1.47. The topological polar surface area (TPSA) is 108 Å². The summed E-state index contributed by atoms with van der Waals surface area (Å²) in [6.07, 6.45) is 39.3. The summed E-state index contributed by atoms with van der Waals surface area (Å²) in [5.74, 6) is -0.807. The fourth-order valence-corrected chi connectivity index (χ4v) is 6.03. The first-order valence-electron chi connectivity index (χ1n) is 20.0. The van der Waals surface area contributed by atoms with Crippen LogP contribution in [-0.2, 0) is 32.7 Å². The average molecular weight is 715 g/mol. The summed E-state index contributed by atoms with van der Waals surface area (Å²) in [6.45, 7) is 3.86. The molecule has 49 heavy (non-hydrogen) atoms. The number of rotatable bonds is 37. The van der Waals surface area contributed by atoms with Crippen LogP contribution in [0.3, 0.4) is 0 Å². The van der Waals surface area contributed by atoms with Gasteiger partial charge in [0.25, 0.3) is 0 Å². The van der Waals surface area contributed by atoms with Crippen LogP contribution in [0.25, 0.3) is 0 Å². The lowest BCUT2D eigenvalue weighted by Gasteiger charge is -2.19. The van der Waals surface area contributed by atoms with Crippen LogP contribution in [0.4, 0.5) is 0 Å². The molecule has 8 nitrogen and oxygen atoms in total. The van der Waals surface area contributed by atoms with Crippen molar-refractivity contribution in [2.45, 2.75) is 200 Å². The van der Waals surface area contributed by atoms with Gasteiger partial charge in [0.2, 0.25) is 0 Å². The summed E-state index contributed by atoms with van der Waals surface area (Å²) in [7, 11) is -3.20. The van der Waals surface area contributed by atoms with Crippen molar-refractivity contribution in [3.05, 3.63) is 24.3 Å². The Morgan fingerprint density at radius 3 is 1.47 bits per heavy atom. The van der Waals surface area contributed by atoms with Crippen LogP contribution in [0.5, 0.6) is 0 Å². The van der Waals surface area contributed by atoms with Gasteiger partial charge in [-0.15, -0.1) is 0 Å². The molecule has 0 amide bonds. The van der Waals surface area contributed by atoms with E-state index in [4.69, 9.17) is 14.0 Å². The van der Waals surface area contributed by atoms with Gasteiger partial charge in [0, 0.05) is 20.0 Å². The highest BCUT2D eigenvalue weighted by atomic mass is 31.2. The van der Waals surface area contributed by atoms with Crippen molar-refractivity contribution < 1.29 is 37.6 Å². The standard InChI is InChI=1S/C40H75O8P/c1-4-6-8-10-12-14-16-18-19-20-21-23-25-27-29-31-33-35-40(42)48-38(37-47-49(43,44)45-3)36-46-39(41)34-32-30-28-26-24-22-17-15-13-11-9-7-5-2/h12,14,18-19,38H,4-11,13,15-17,20-37H2,1-3H3,(H,43,44)/b14-12-,19-18-. The lowest BCUT2D eigenvalue weighted by Crippen LogP contribution is -2.29. The first-order chi connectivity index (χ1) is 23.8. The van der Waals surface area contributed by atoms with Crippen LogP contribution in [0, 0.1) is 0 Å². The number of hydrogen-bond donors (Lipinski definition) is 1. The molecule has 0 saturated heterocycles. The van der Waals surface area contributed by atoms with E-state index in [1.54, 1.807) is 0 Å². The molecule has 0 spiro atoms. The Morgan fingerprint density at radius 1 is 0.571 bits per heavy atom. The molecule has 0 aromatic carbocycles. The third-order valence-electron chi connectivity index (χ3n) is 8.70. The highest BCUT2D eigenvalue weighted by Gasteiger charge is 2.24. The molecule has 0 aliphatic carbocycles. The van der Waals surface area contributed by atoms with Crippen LogP contribution in [-0.4, -0.2) is 43.3 Å². The number of carbonyl (C=O) groups is 2. The van der Waals surface area contributed by atoms with Gasteiger partial charge in [0.1, 0.15) is 6.61 Å². The minimum absolute atomic E-state index is 0.225. The summed E-state index contributed by atoms with van der Waals surface area (Å²) >= 11 is 0. The number of hydrogen-bond acceptors (Lipinski definition) is 7. The maximum absolute atomic E-state index is 12.5. The van der Waals surface area contributed by atoms with Crippen molar-refractivity contribution in [3.63, 3.8) is 0 Å². The minimum atomic E-state index is -4.26. The Kier molecular flexibility index (Phi) is 35.2. The number of ether oxygens (including phenoxy) is 2. The van der Waals surface area contributed by atoms with Crippen molar-refractivity contribution in [1.82, 2.24) is 0 Å². The molecule has 0 heterocycles. The maximum Gasteiger partial charge on any atom is 0.472 e. The van der Waals surface area contributed by atoms with E-state index >= 15 is 0 Å². The third-order valence-corrected chi connectivity index (χ3v) is 9.64. The number of unbranched alkanes of at least 4 members (excludes halogenated alkanes) is 22. The molecule has 288 valence electrons. The van der Waals surface area contributed by atoms with Gasteiger partial charge in [0.05, 0.1) is 6.61 Å². The van der Waals surface area contributed by atoms with Gasteiger partial charge in [-0.1, -0.05) is 160 Å². The van der Waals surface area contributed by atoms with E-state index in [-0.39, 0.29) is 19.0 Å². The number of phosphoric acid groups is 1. The van der Waals surface area contributed by atoms with Crippen LogP contribution >= 0.6 is 7.82 Å². The van der Waals surface area contributed by atoms with E-state index in [2.05, 4.69) is 42.7 Å². The monoisotopic (exact) mass is 715 g/mol. The number of allylic oxidation sites excluding steroid dienone is 4. The second-order valence-corrected chi connectivity index (χ2v) is 15.0. The predicted molar refractivity (Wildman–Crippen MR) is 203 cm³/mol. The minimum Gasteiger partial charge on any atom is -0.462 e. The van der Waals surface area contributed by atoms with Crippen molar-refractivity contribution in [3.8, 4) is 0 Å². The Balaban J connectivity index is 4.03. The molecule has 2 unspecified atom stereocenters. The fourth-order valence-electron chi connectivity index (χ4n) is 5.57. The molecule has 0 aromatic heterocycles. The molecule has 0 saturated carbocycles. The van der Waals surface area contributed by atoms with E-state index in [0.717, 1.165) is 58.5 Å².